The summed E-state index contributed by atoms with van der Waals surface area (Å²) >= 11 is 1.43. The lowest BCUT2D eigenvalue weighted by Gasteiger charge is -2.10. The molecule has 0 aliphatic rings. The van der Waals surface area contributed by atoms with Crippen LogP contribution in [0.25, 0.3) is 21.3 Å². The number of hydrogen-bond donors (Lipinski definition) is 1. The lowest BCUT2D eigenvalue weighted by Crippen LogP contribution is -2.28. The molecule has 7 heteroatoms. The minimum Gasteiger partial charge on any atom is -0.494 e. The molecule has 2 heterocycles. The first-order chi connectivity index (χ1) is 11.9. The van der Waals surface area contributed by atoms with Gasteiger partial charge in [0, 0.05) is 10.4 Å². The first kappa shape index (κ1) is 17.2. The minimum absolute atomic E-state index is 0.340. The Labute approximate surface area is 148 Å². The van der Waals surface area contributed by atoms with E-state index in [1.165, 1.54) is 24.6 Å². The number of carbonyl (C=O) groups is 1. The molecule has 0 saturated heterocycles. The predicted molar refractivity (Wildman–Crippen MR) is 97.6 cm³/mol. The Bertz CT molecular complexity index is 989. The Kier molecular flexibility index (Phi) is 4.59. The molecule has 3 rings (SSSR count). The first-order valence-electron chi connectivity index (χ1n) is 7.90. The molecule has 2 aromatic heterocycles. The van der Waals surface area contributed by atoms with Crippen LogP contribution in [-0.4, -0.2) is 27.2 Å². The number of aliphatic carboxylic acids is 1. The van der Waals surface area contributed by atoms with E-state index in [1.807, 2.05) is 38.1 Å². The first-order valence-corrected chi connectivity index (χ1v) is 8.72. The van der Waals surface area contributed by atoms with Crippen LogP contribution in [0.1, 0.15) is 24.8 Å². The summed E-state index contributed by atoms with van der Waals surface area (Å²) in [5.74, 6) is -0.309. The van der Waals surface area contributed by atoms with E-state index in [0.717, 1.165) is 26.3 Å². The molecule has 3 aromatic rings. The number of benzene rings is 1. The molecule has 0 radical (unpaired) electrons. The number of nitrogens with zero attached hydrogens (tertiary/aromatic N) is 2. The normalized spacial score (nSPS) is 12.3. The Morgan fingerprint density at radius 3 is 2.64 bits per heavy atom. The summed E-state index contributed by atoms with van der Waals surface area (Å²) in [4.78, 5) is 30.0. The average molecular weight is 358 g/mol. The van der Waals surface area contributed by atoms with Gasteiger partial charge in [0.2, 0.25) is 0 Å². The Morgan fingerprint density at radius 2 is 2.04 bits per heavy atom. The maximum absolute atomic E-state index is 12.9. The molecule has 0 aliphatic heterocycles. The maximum atomic E-state index is 12.9. The van der Waals surface area contributed by atoms with Gasteiger partial charge in [-0.3, -0.25) is 9.36 Å². The zero-order valence-electron chi connectivity index (χ0n) is 14.1. The summed E-state index contributed by atoms with van der Waals surface area (Å²) in [5, 5.41) is 9.67. The Balaban J connectivity index is 2.21. The summed E-state index contributed by atoms with van der Waals surface area (Å²) in [5.41, 5.74) is 1.34. The molecule has 0 fully saturated rings. The van der Waals surface area contributed by atoms with E-state index in [-0.39, 0.29) is 5.56 Å². The Hall–Kier alpha value is -2.67. The maximum Gasteiger partial charge on any atom is 0.326 e. The second kappa shape index (κ2) is 6.68. The van der Waals surface area contributed by atoms with Crippen molar-refractivity contribution in [1.82, 2.24) is 9.55 Å². The molecule has 0 amide bonds. The molecule has 0 bridgehead atoms. The third-order valence-electron chi connectivity index (χ3n) is 4.04. The van der Waals surface area contributed by atoms with E-state index < -0.39 is 12.0 Å². The van der Waals surface area contributed by atoms with Crippen LogP contribution in [0.3, 0.4) is 0 Å². The molecule has 0 saturated carbocycles. The van der Waals surface area contributed by atoms with E-state index in [0.29, 0.717) is 16.8 Å². The number of thiophene rings is 1. The highest BCUT2D eigenvalue weighted by Crippen LogP contribution is 2.36. The fraction of sp³-hybridized carbons (Fsp3) is 0.278. The summed E-state index contributed by atoms with van der Waals surface area (Å²) in [6.45, 7) is 5.90. The highest BCUT2D eigenvalue weighted by molar-refractivity contribution is 7.19. The van der Waals surface area contributed by atoms with Crippen molar-refractivity contribution < 1.29 is 14.6 Å². The van der Waals surface area contributed by atoms with Crippen molar-refractivity contribution in [3.63, 3.8) is 0 Å². The van der Waals surface area contributed by atoms with Crippen LogP contribution < -0.4 is 10.3 Å². The molecule has 0 unspecified atom stereocenters. The van der Waals surface area contributed by atoms with Crippen molar-refractivity contribution in [2.75, 3.05) is 6.61 Å². The molecular formula is C18H18N2O4S. The van der Waals surface area contributed by atoms with E-state index in [1.54, 1.807) is 0 Å². The quantitative estimate of drug-likeness (QED) is 0.755. The van der Waals surface area contributed by atoms with Crippen molar-refractivity contribution in [1.29, 1.82) is 0 Å². The van der Waals surface area contributed by atoms with Gasteiger partial charge in [0.1, 0.15) is 16.6 Å². The van der Waals surface area contributed by atoms with E-state index in [9.17, 15) is 14.7 Å². The second-order valence-electron chi connectivity index (χ2n) is 5.64. The number of fused-ring (bicyclic) bond motifs is 1. The van der Waals surface area contributed by atoms with Crippen molar-refractivity contribution in [3.05, 3.63) is 45.8 Å². The second-order valence-corrected chi connectivity index (χ2v) is 6.85. The van der Waals surface area contributed by atoms with E-state index in [4.69, 9.17) is 4.74 Å². The molecular weight excluding hydrogens is 340 g/mol. The van der Waals surface area contributed by atoms with Crippen LogP contribution in [0.5, 0.6) is 5.75 Å². The van der Waals surface area contributed by atoms with Gasteiger partial charge in [-0.2, -0.15) is 0 Å². The average Bonchev–Trinajstić information content (AvgIpc) is 2.92. The van der Waals surface area contributed by atoms with Gasteiger partial charge in [-0.15, -0.1) is 11.3 Å². The summed E-state index contributed by atoms with van der Waals surface area (Å²) in [7, 11) is 0. The van der Waals surface area contributed by atoms with Crippen molar-refractivity contribution >= 4 is 27.5 Å². The largest absolute Gasteiger partial charge is 0.494 e. The highest BCUT2D eigenvalue weighted by Gasteiger charge is 2.21. The van der Waals surface area contributed by atoms with E-state index >= 15 is 0 Å². The molecule has 25 heavy (non-hydrogen) atoms. The fourth-order valence-electron chi connectivity index (χ4n) is 2.74. The van der Waals surface area contributed by atoms with Crippen LogP contribution >= 0.6 is 11.3 Å². The van der Waals surface area contributed by atoms with Gasteiger partial charge in [-0.05, 0) is 38.5 Å². The summed E-state index contributed by atoms with van der Waals surface area (Å²) < 4.78 is 6.62. The summed E-state index contributed by atoms with van der Waals surface area (Å²) in [6, 6.07) is 6.54. The van der Waals surface area contributed by atoms with Crippen molar-refractivity contribution in [2.24, 2.45) is 0 Å². The number of aromatic nitrogens is 2. The smallest absolute Gasteiger partial charge is 0.326 e. The van der Waals surface area contributed by atoms with Crippen LogP contribution in [0.15, 0.2) is 35.4 Å². The zero-order valence-corrected chi connectivity index (χ0v) is 15.0. The van der Waals surface area contributed by atoms with Crippen LogP contribution in [-0.2, 0) is 4.79 Å². The van der Waals surface area contributed by atoms with Gasteiger partial charge >= 0.3 is 5.97 Å². The van der Waals surface area contributed by atoms with Crippen LogP contribution in [0, 0.1) is 6.92 Å². The molecule has 6 nitrogen and oxygen atoms in total. The fourth-order valence-corrected chi connectivity index (χ4v) is 3.75. The molecule has 1 atom stereocenters. The number of carboxylic acids is 1. The number of carboxylic acid groups (broad SMARTS) is 1. The SMILES string of the molecule is CCOc1ccc(-c2c(C)sc3ncn([C@@H](C)C(=O)O)c(=O)c23)cc1. The van der Waals surface area contributed by atoms with Crippen LogP contribution in [0.4, 0.5) is 0 Å². The molecule has 130 valence electrons. The van der Waals surface area contributed by atoms with Gasteiger partial charge in [-0.1, -0.05) is 12.1 Å². The van der Waals surface area contributed by atoms with Gasteiger partial charge < -0.3 is 9.84 Å². The summed E-state index contributed by atoms with van der Waals surface area (Å²) in [6.07, 6.45) is 1.31. The topological polar surface area (TPSA) is 81.4 Å². The third-order valence-corrected chi connectivity index (χ3v) is 5.06. The Morgan fingerprint density at radius 1 is 1.36 bits per heavy atom. The minimum atomic E-state index is -1.07. The lowest BCUT2D eigenvalue weighted by molar-refractivity contribution is -0.140. The van der Waals surface area contributed by atoms with E-state index in [2.05, 4.69) is 4.98 Å². The van der Waals surface area contributed by atoms with Gasteiger partial charge in [-0.25, -0.2) is 9.78 Å². The monoisotopic (exact) mass is 358 g/mol. The zero-order chi connectivity index (χ0) is 18.1. The number of rotatable bonds is 5. The number of ether oxygens (including phenoxy) is 1. The molecule has 0 aliphatic carbocycles. The van der Waals surface area contributed by atoms with Gasteiger partial charge in [0.15, 0.2) is 0 Å². The highest BCUT2D eigenvalue weighted by atomic mass is 32.1. The van der Waals surface area contributed by atoms with Gasteiger partial charge in [0.25, 0.3) is 5.56 Å². The van der Waals surface area contributed by atoms with Crippen LogP contribution in [0.2, 0.25) is 0 Å². The third kappa shape index (κ3) is 3.02. The number of aryl methyl sites for hydroxylation is 1. The molecule has 1 aromatic carbocycles. The predicted octanol–water partition coefficient (Wildman–Crippen LogP) is 3.48. The molecule has 0 spiro atoms. The lowest BCUT2D eigenvalue weighted by atomic mass is 10.0. The number of hydrogen-bond acceptors (Lipinski definition) is 5. The van der Waals surface area contributed by atoms with Crippen molar-refractivity contribution in [3.8, 4) is 16.9 Å². The van der Waals surface area contributed by atoms with Gasteiger partial charge in [0.05, 0.1) is 18.3 Å². The molecule has 1 N–H and O–H groups in total. The van der Waals surface area contributed by atoms with Crippen molar-refractivity contribution in [2.45, 2.75) is 26.8 Å². The standard InChI is InChI=1S/C18H18N2O4S/c1-4-24-13-7-5-12(6-8-13)14-11(3)25-16-15(14)17(21)20(9-19-16)10(2)18(22)23/h5-10H,4H2,1-3H3,(H,22,23)/t10-/m0/s1.